The molecule has 0 unspecified atom stereocenters. The van der Waals surface area contributed by atoms with Gasteiger partial charge in [0.05, 0.1) is 8.07 Å². The van der Waals surface area contributed by atoms with Crippen LogP contribution in [-0.2, 0) is 0 Å². The van der Waals surface area contributed by atoms with E-state index >= 15 is 0 Å². The second-order valence-electron chi connectivity index (χ2n) is 7.79. The Labute approximate surface area is 110 Å². The summed E-state index contributed by atoms with van der Waals surface area (Å²) in [4.78, 5) is 2.62. The van der Waals surface area contributed by atoms with Crippen LogP contribution in [0.2, 0.25) is 19.1 Å². The van der Waals surface area contributed by atoms with E-state index in [1.165, 1.54) is 19.0 Å². The Balaban J connectivity index is 4.45. The molecule has 0 N–H and O–H groups in total. The molecule has 0 saturated heterocycles. The lowest BCUT2D eigenvalue weighted by molar-refractivity contribution is 0.0386. The standard InChI is InChI=1S/C15H33NSi/c1-10-17(8,9)13-11-12-16(14(2,3)4)15(5,6)7/h10H,1,11-13H2,2-9H3. The normalized spacial score (nSPS) is 14.2. The van der Waals surface area contributed by atoms with Crippen LogP contribution in [0.4, 0.5) is 0 Å². The molecule has 0 saturated carbocycles. The first-order valence-electron chi connectivity index (χ1n) is 6.81. The number of hydrogen-bond acceptors (Lipinski definition) is 1. The van der Waals surface area contributed by atoms with Gasteiger partial charge in [0.25, 0.3) is 0 Å². The number of rotatable bonds is 5. The Kier molecular flexibility index (Phi) is 5.68. The monoisotopic (exact) mass is 255 g/mol. The Morgan fingerprint density at radius 2 is 1.41 bits per heavy atom. The molecule has 0 atom stereocenters. The molecule has 17 heavy (non-hydrogen) atoms. The third-order valence-electron chi connectivity index (χ3n) is 3.37. The van der Waals surface area contributed by atoms with Gasteiger partial charge in [0.1, 0.15) is 0 Å². The van der Waals surface area contributed by atoms with Crippen molar-refractivity contribution in [1.29, 1.82) is 0 Å². The molecule has 0 aliphatic rings. The molecule has 0 spiro atoms. The topological polar surface area (TPSA) is 3.24 Å². The van der Waals surface area contributed by atoms with Gasteiger partial charge in [0.2, 0.25) is 0 Å². The van der Waals surface area contributed by atoms with E-state index in [9.17, 15) is 0 Å². The molecule has 0 heterocycles. The van der Waals surface area contributed by atoms with Gasteiger partial charge in [-0.25, -0.2) is 0 Å². The fourth-order valence-corrected chi connectivity index (χ4v) is 3.75. The van der Waals surface area contributed by atoms with Crippen LogP contribution in [0.25, 0.3) is 0 Å². The van der Waals surface area contributed by atoms with Gasteiger partial charge >= 0.3 is 0 Å². The van der Waals surface area contributed by atoms with Crippen molar-refractivity contribution in [1.82, 2.24) is 4.90 Å². The van der Waals surface area contributed by atoms with Gasteiger partial charge in [-0.1, -0.05) is 19.1 Å². The molecule has 0 aliphatic heterocycles. The number of hydrogen-bond donors (Lipinski definition) is 0. The van der Waals surface area contributed by atoms with Gasteiger partial charge in [-0.15, -0.1) is 12.3 Å². The molecular formula is C15H33NSi. The molecule has 0 aromatic heterocycles. The highest BCUT2D eigenvalue weighted by molar-refractivity contribution is 6.82. The minimum Gasteiger partial charge on any atom is -0.294 e. The zero-order chi connectivity index (χ0) is 13.9. The van der Waals surface area contributed by atoms with Crippen LogP contribution in [0.1, 0.15) is 48.0 Å². The predicted octanol–water partition coefficient (Wildman–Crippen LogP) is 4.71. The van der Waals surface area contributed by atoms with Crippen molar-refractivity contribution in [3.8, 4) is 0 Å². The molecule has 0 aromatic carbocycles. The summed E-state index contributed by atoms with van der Waals surface area (Å²) in [6.07, 6.45) is 1.29. The Morgan fingerprint density at radius 1 is 1.00 bits per heavy atom. The van der Waals surface area contributed by atoms with Gasteiger partial charge < -0.3 is 0 Å². The fourth-order valence-electron chi connectivity index (χ4n) is 2.47. The summed E-state index contributed by atoms with van der Waals surface area (Å²) in [5.74, 6) is 0. The average Bonchev–Trinajstić information content (AvgIpc) is 2.08. The Morgan fingerprint density at radius 3 is 1.71 bits per heavy atom. The maximum Gasteiger partial charge on any atom is 0.0710 e. The van der Waals surface area contributed by atoms with E-state index in [1.54, 1.807) is 0 Å². The SMILES string of the molecule is C=C[Si](C)(C)CCCN(C(C)(C)C)C(C)(C)C. The van der Waals surface area contributed by atoms with E-state index in [4.69, 9.17) is 0 Å². The molecule has 102 valence electrons. The quantitative estimate of drug-likeness (QED) is 0.643. The summed E-state index contributed by atoms with van der Waals surface area (Å²) in [6, 6.07) is 1.35. The summed E-state index contributed by atoms with van der Waals surface area (Å²) >= 11 is 0. The molecule has 0 radical (unpaired) electrons. The van der Waals surface area contributed by atoms with E-state index in [0.717, 1.165) is 0 Å². The van der Waals surface area contributed by atoms with Gasteiger partial charge in [-0.05, 0) is 54.5 Å². The van der Waals surface area contributed by atoms with Crippen LogP contribution < -0.4 is 0 Å². The van der Waals surface area contributed by atoms with Crippen LogP contribution in [0.3, 0.4) is 0 Å². The lowest BCUT2D eigenvalue weighted by atomic mass is 9.96. The molecule has 1 nitrogen and oxygen atoms in total. The maximum atomic E-state index is 3.98. The smallest absolute Gasteiger partial charge is 0.0710 e. The first-order chi connectivity index (χ1) is 7.40. The molecule has 0 bridgehead atoms. The first kappa shape index (κ1) is 16.9. The highest BCUT2D eigenvalue weighted by Gasteiger charge is 2.31. The van der Waals surface area contributed by atoms with E-state index in [-0.39, 0.29) is 11.1 Å². The predicted molar refractivity (Wildman–Crippen MR) is 83.3 cm³/mol. The van der Waals surface area contributed by atoms with Crippen molar-refractivity contribution in [2.45, 2.75) is 78.2 Å². The Hall–Kier alpha value is -0.0831. The largest absolute Gasteiger partial charge is 0.294 e. The van der Waals surface area contributed by atoms with Crippen LogP contribution >= 0.6 is 0 Å². The van der Waals surface area contributed by atoms with E-state index in [2.05, 4.69) is 71.8 Å². The van der Waals surface area contributed by atoms with Crippen molar-refractivity contribution in [2.24, 2.45) is 0 Å². The van der Waals surface area contributed by atoms with E-state index in [0.29, 0.717) is 0 Å². The lowest BCUT2D eigenvalue weighted by Crippen LogP contribution is -2.53. The zero-order valence-corrected chi connectivity index (χ0v) is 14.4. The van der Waals surface area contributed by atoms with Gasteiger partial charge in [0, 0.05) is 11.1 Å². The lowest BCUT2D eigenvalue weighted by Gasteiger charge is -2.45. The van der Waals surface area contributed by atoms with Gasteiger partial charge in [-0.3, -0.25) is 4.90 Å². The van der Waals surface area contributed by atoms with Gasteiger partial charge in [0.15, 0.2) is 0 Å². The maximum absolute atomic E-state index is 3.98. The molecule has 0 aliphatic carbocycles. The van der Waals surface area contributed by atoms with Crippen LogP contribution in [0.5, 0.6) is 0 Å². The summed E-state index contributed by atoms with van der Waals surface area (Å²) in [7, 11) is -1.13. The zero-order valence-electron chi connectivity index (χ0n) is 13.4. The van der Waals surface area contributed by atoms with Gasteiger partial charge in [-0.2, -0.15) is 0 Å². The van der Waals surface area contributed by atoms with Crippen LogP contribution in [0.15, 0.2) is 12.3 Å². The van der Waals surface area contributed by atoms with Crippen molar-refractivity contribution in [3.05, 3.63) is 12.3 Å². The molecule has 2 heteroatoms. The minimum atomic E-state index is -1.13. The van der Waals surface area contributed by atoms with Crippen LogP contribution in [0, 0.1) is 0 Å². The highest BCUT2D eigenvalue weighted by atomic mass is 28.3. The van der Waals surface area contributed by atoms with Crippen molar-refractivity contribution < 1.29 is 0 Å². The summed E-state index contributed by atoms with van der Waals surface area (Å²) in [6.45, 7) is 23.9. The second-order valence-corrected chi connectivity index (χ2v) is 12.7. The Bertz CT molecular complexity index is 229. The molecule has 0 amide bonds. The van der Waals surface area contributed by atoms with Crippen molar-refractivity contribution in [2.75, 3.05) is 6.54 Å². The first-order valence-corrected chi connectivity index (χ1v) is 10.1. The summed E-state index contributed by atoms with van der Waals surface area (Å²) in [5.41, 5.74) is 2.71. The summed E-state index contributed by atoms with van der Waals surface area (Å²) < 4.78 is 0. The second kappa shape index (κ2) is 5.70. The third kappa shape index (κ3) is 6.42. The molecular weight excluding hydrogens is 222 g/mol. The third-order valence-corrected chi connectivity index (χ3v) is 6.12. The molecule has 0 aromatic rings. The fraction of sp³-hybridized carbons (Fsp3) is 0.867. The van der Waals surface area contributed by atoms with E-state index in [1.807, 2.05) is 0 Å². The minimum absolute atomic E-state index is 0.248. The van der Waals surface area contributed by atoms with Crippen molar-refractivity contribution >= 4 is 8.07 Å². The van der Waals surface area contributed by atoms with Crippen LogP contribution in [-0.4, -0.2) is 30.6 Å². The van der Waals surface area contributed by atoms with E-state index < -0.39 is 8.07 Å². The molecule has 0 rings (SSSR count). The summed E-state index contributed by atoms with van der Waals surface area (Å²) in [5, 5.41) is 0. The average molecular weight is 256 g/mol. The number of nitrogens with zero attached hydrogens (tertiary/aromatic N) is 1. The van der Waals surface area contributed by atoms with Crippen molar-refractivity contribution in [3.63, 3.8) is 0 Å². The molecule has 0 fully saturated rings. The highest BCUT2D eigenvalue weighted by Crippen LogP contribution is 2.26.